The number of nitrogens with one attached hydrogen (secondary N) is 2. The summed E-state index contributed by atoms with van der Waals surface area (Å²) in [5.41, 5.74) is 1.41. The molecule has 0 aliphatic heterocycles. The third kappa shape index (κ3) is 4.99. The van der Waals surface area contributed by atoms with Crippen LogP contribution in [-0.2, 0) is 16.0 Å². The third-order valence-electron chi connectivity index (χ3n) is 3.38. The smallest absolute Gasteiger partial charge is 0.313 e. The molecule has 0 aliphatic rings. The van der Waals surface area contributed by atoms with Crippen LogP contribution in [0.4, 0.5) is 5.69 Å². The van der Waals surface area contributed by atoms with Crippen molar-refractivity contribution in [1.29, 1.82) is 0 Å². The van der Waals surface area contributed by atoms with Crippen LogP contribution in [0.1, 0.15) is 12.5 Å². The minimum Gasteiger partial charge on any atom is -0.497 e. The first kappa shape index (κ1) is 17.8. The monoisotopic (exact) mass is 346 g/mol. The second-order valence-corrected chi connectivity index (χ2v) is 5.77. The van der Waals surface area contributed by atoms with Crippen molar-refractivity contribution in [3.63, 3.8) is 0 Å². The number of ether oxygens (including phenoxy) is 1. The van der Waals surface area contributed by atoms with Gasteiger partial charge in [0.25, 0.3) is 0 Å². The second-order valence-electron chi connectivity index (χ2n) is 5.36. The van der Waals surface area contributed by atoms with E-state index in [2.05, 4.69) is 10.6 Å². The first-order valence-electron chi connectivity index (χ1n) is 7.49. The first-order chi connectivity index (χ1) is 11.5. The van der Waals surface area contributed by atoms with E-state index < -0.39 is 11.8 Å². The highest BCUT2D eigenvalue weighted by atomic mass is 35.5. The molecule has 0 unspecified atom stereocenters. The molecule has 5 nitrogen and oxygen atoms in total. The molecule has 0 radical (unpaired) electrons. The SMILES string of the molecule is COc1cccc(C[C@H](C)NC(=O)C(=O)Nc2ccccc2Cl)c1. The Morgan fingerprint density at radius 3 is 2.58 bits per heavy atom. The van der Waals surface area contributed by atoms with Crippen LogP contribution in [0.2, 0.25) is 5.02 Å². The van der Waals surface area contributed by atoms with Crippen LogP contribution in [0.5, 0.6) is 5.75 Å². The van der Waals surface area contributed by atoms with Gasteiger partial charge in [-0.05, 0) is 43.2 Å². The maximum absolute atomic E-state index is 12.0. The first-order valence-corrected chi connectivity index (χ1v) is 7.86. The lowest BCUT2D eigenvalue weighted by Gasteiger charge is -2.14. The second kappa shape index (κ2) is 8.36. The van der Waals surface area contributed by atoms with E-state index in [0.29, 0.717) is 17.1 Å². The van der Waals surface area contributed by atoms with E-state index in [1.54, 1.807) is 31.4 Å². The lowest BCUT2D eigenvalue weighted by molar-refractivity contribution is -0.136. The predicted octanol–water partition coefficient (Wildman–Crippen LogP) is 3.03. The summed E-state index contributed by atoms with van der Waals surface area (Å²) < 4.78 is 5.17. The number of rotatable bonds is 5. The van der Waals surface area contributed by atoms with Gasteiger partial charge in [-0.2, -0.15) is 0 Å². The van der Waals surface area contributed by atoms with E-state index in [9.17, 15) is 9.59 Å². The normalized spacial score (nSPS) is 11.5. The molecule has 0 aliphatic carbocycles. The van der Waals surface area contributed by atoms with Crippen LogP contribution >= 0.6 is 11.6 Å². The van der Waals surface area contributed by atoms with Gasteiger partial charge in [-0.25, -0.2) is 0 Å². The van der Waals surface area contributed by atoms with Crippen molar-refractivity contribution < 1.29 is 14.3 Å². The summed E-state index contributed by atoms with van der Waals surface area (Å²) >= 11 is 5.96. The molecular formula is C18H19ClN2O3. The molecule has 2 N–H and O–H groups in total. The summed E-state index contributed by atoms with van der Waals surface area (Å²) in [6.45, 7) is 1.83. The standard InChI is InChI=1S/C18H19ClN2O3/c1-12(10-13-6-5-7-14(11-13)24-2)20-17(22)18(23)21-16-9-4-3-8-15(16)19/h3-9,11-12H,10H2,1-2H3,(H,20,22)(H,21,23)/t12-/m0/s1. The fraction of sp³-hybridized carbons (Fsp3) is 0.222. The van der Waals surface area contributed by atoms with Crippen molar-refractivity contribution in [1.82, 2.24) is 5.32 Å². The number of methoxy groups -OCH3 is 1. The number of carbonyl (C=O) groups excluding carboxylic acids is 2. The summed E-state index contributed by atoms with van der Waals surface area (Å²) in [5.74, 6) is -0.701. The zero-order valence-corrected chi connectivity index (χ0v) is 14.3. The van der Waals surface area contributed by atoms with Gasteiger partial charge in [-0.3, -0.25) is 9.59 Å². The molecule has 0 spiro atoms. The number of amides is 2. The number of carbonyl (C=O) groups is 2. The number of anilines is 1. The average Bonchev–Trinajstić information content (AvgIpc) is 2.56. The average molecular weight is 347 g/mol. The third-order valence-corrected chi connectivity index (χ3v) is 3.71. The molecule has 24 heavy (non-hydrogen) atoms. The topological polar surface area (TPSA) is 67.4 Å². The summed E-state index contributed by atoms with van der Waals surface area (Å²) in [4.78, 5) is 23.9. The number of halogens is 1. The van der Waals surface area contributed by atoms with Gasteiger partial charge in [-0.15, -0.1) is 0 Å². The minimum atomic E-state index is -0.749. The maximum atomic E-state index is 12.0. The lowest BCUT2D eigenvalue weighted by Crippen LogP contribution is -2.41. The van der Waals surface area contributed by atoms with Crippen LogP contribution in [0.3, 0.4) is 0 Å². The lowest BCUT2D eigenvalue weighted by atomic mass is 10.1. The molecule has 126 valence electrons. The Bertz CT molecular complexity index is 734. The fourth-order valence-electron chi connectivity index (χ4n) is 2.24. The molecule has 2 amide bonds. The van der Waals surface area contributed by atoms with E-state index in [-0.39, 0.29) is 6.04 Å². The quantitative estimate of drug-likeness (QED) is 0.818. The van der Waals surface area contributed by atoms with Crippen LogP contribution in [0, 0.1) is 0 Å². The highest BCUT2D eigenvalue weighted by Crippen LogP contribution is 2.20. The molecule has 0 fully saturated rings. The van der Waals surface area contributed by atoms with Gasteiger partial charge in [0, 0.05) is 6.04 Å². The van der Waals surface area contributed by atoms with Gasteiger partial charge in [-0.1, -0.05) is 35.9 Å². The summed E-state index contributed by atoms with van der Waals surface area (Å²) in [6, 6.07) is 14.1. The Morgan fingerprint density at radius 2 is 1.88 bits per heavy atom. The Labute approximate surface area is 146 Å². The van der Waals surface area contributed by atoms with E-state index in [0.717, 1.165) is 11.3 Å². The number of benzene rings is 2. The van der Waals surface area contributed by atoms with Crippen molar-refractivity contribution >= 4 is 29.1 Å². The Hall–Kier alpha value is -2.53. The molecule has 1 atom stereocenters. The largest absolute Gasteiger partial charge is 0.497 e. The zero-order chi connectivity index (χ0) is 17.5. The maximum Gasteiger partial charge on any atom is 0.313 e. The van der Waals surface area contributed by atoms with Gasteiger partial charge in [0.2, 0.25) is 0 Å². The molecule has 2 aromatic carbocycles. The van der Waals surface area contributed by atoms with Gasteiger partial charge in [0.15, 0.2) is 0 Å². The molecule has 0 saturated carbocycles. The van der Waals surface area contributed by atoms with Gasteiger partial charge in [0.1, 0.15) is 5.75 Å². The van der Waals surface area contributed by atoms with Crippen molar-refractivity contribution in [2.24, 2.45) is 0 Å². The summed E-state index contributed by atoms with van der Waals surface area (Å²) in [5, 5.41) is 5.54. The Morgan fingerprint density at radius 1 is 1.12 bits per heavy atom. The van der Waals surface area contributed by atoms with Crippen LogP contribution in [0.15, 0.2) is 48.5 Å². The fourth-order valence-corrected chi connectivity index (χ4v) is 2.42. The Balaban J connectivity index is 1.91. The van der Waals surface area contributed by atoms with Crippen LogP contribution in [0.25, 0.3) is 0 Å². The number of para-hydroxylation sites is 1. The molecule has 6 heteroatoms. The highest BCUT2D eigenvalue weighted by molar-refractivity contribution is 6.41. The van der Waals surface area contributed by atoms with Crippen molar-refractivity contribution in [3.05, 3.63) is 59.1 Å². The molecule has 2 rings (SSSR count). The van der Waals surface area contributed by atoms with Gasteiger partial charge < -0.3 is 15.4 Å². The highest BCUT2D eigenvalue weighted by Gasteiger charge is 2.17. The predicted molar refractivity (Wildman–Crippen MR) is 94.4 cm³/mol. The van der Waals surface area contributed by atoms with E-state index in [4.69, 9.17) is 16.3 Å². The number of hydrogen-bond acceptors (Lipinski definition) is 3. The Kier molecular flexibility index (Phi) is 6.21. The van der Waals surface area contributed by atoms with Crippen LogP contribution in [-0.4, -0.2) is 25.0 Å². The van der Waals surface area contributed by atoms with Crippen molar-refractivity contribution in [3.8, 4) is 5.75 Å². The summed E-state index contributed by atoms with van der Waals surface area (Å²) in [7, 11) is 1.60. The van der Waals surface area contributed by atoms with Gasteiger partial charge >= 0.3 is 11.8 Å². The molecule has 0 aromatic heterocycles. The van der Waals surface area contributed by atoms with Crippen LogP contribution < -0.4 is 15.4 Å². The van der Waals surface area contributed by atoms with Gasteiger partial charge in [0.05, 0.1) is 17.8 Å². The molecule has 0 heterocycles. The van der Waals surface area contributed by atoms with E-state index >= 15 is 0 Å². The van der Waals surface area contributed by atoms with Crippen molar-refractivity contribution in [2.75, 3.05) is 12.4 Å². The molecular weight excluding hydrogens is 328 g/mol. The molecule has 2 aromatic rings. The van der Waals surface area contributed by atoms with Crippen molar-refractivity contribution in [2.45, 2.75) is 19.4 Å². The molecule has 0 saturated heterocycles. The number of hydrogen-bond donors (Lipinski definition) is 2. The molecule has 0 bridgehead atoms. The minimum absolute atomic E-state index is 0.207. The summed E-state index contributed by atoms with van der Waals surface area (Å²) in [6.07, 6.45) is 0.586. The van der Waals surface area contributed by atoms with E-state index in [1.807, 2.05) is 31.2 Å². The zero-order valence-electron chi connectivity index (χ0n) is 13.5. The van der Waals surface area contributed by atoms with E-state index in [1.165, 1.54) is 0 Å².